The van der Waals surface area contributed by atoms with Crippen LogP contribution in [0.1, 0.15) is 54.3 Å². The zero-order chi connectivity index (χ0) is 63.7. The number of fused-ring (bicyclic) bond motifs is 2. The number of rotatable bonds is 27. The molecule has 0 radical (unpaired) electrons. The number of benzene rings is 4. The fraction of sp³-hybridized carbons (Fsp3) is 0.397. The Hall–Kier alpha value is -9.50. The first kappa shape index (κ1) is 65.5. The Kier molecular flexibility index (Phi) is 22.0. The topological polar surface area (TPSA) is 277 Å². The number of likely N-dealkylation sites (tertiary alicyclic amines) is 2. The van der Waals surface area contributed by atoms with Crippen LogP contribution in [0.3, 0.4) is 0 Å². The third kappa shape index (κ3) is 18.5. The number of hydrogen-bond acceptors (Lipinski definition) is 16. The molecular weight excluding hydrogens is 1160 g/mol. The van der Waals surface area contributed by atoms with Crippen LogP contribution in [0.2, 0.25) is 0 Å². The zero-order valence-electron chi connectivity index (χ0n) is 49.1. The van der Waals surface area contributed by atoms with Gasteiger partial charge in [-0.1, -0.05) is 36.4 Å². The normalized spacial score (nSPS) is 15.8. The number of pyridine rings is 2. The molecule has 4 heterocycles. The number of nitriles is 2. The average molecular weight is 1230 g/mol. The second kappa shape index (κ2) is 29.9. The predicted molar refractivity (Wildman–Crippen MR) is 315 cm³/mol. The second-order valence-electron chi connectivity index (χ2n) is 21.8. The first-order chi connectivity index (χ1) is 42.6. The molecule has 2 atom stereocenters. The van der Waals surface area contributed by atoms with Gasteiger partial charge in [-0.25, -0.2) is 22.4 Å². The van der Waals surface area contributed by atoms with Crippen LogP contribution in [0.4, 0.5) is 22.4 Å². The van der Waals surface area contributed by atoms with Gasteiger partial charge in [-0.3, -0.25) is 33.9 Å². The molecule has 2 fully saturated rings. The van der Waals surface area contributed by atoms with Crippen LogP contribution in [0, 0.1) is 22.7 Å². The summed E-state index contributed by atoms with van der Waals surface area (Å²) in [5.41, 5.74) is 3.84. The molecule has 26 heteroatoms. The molecule has 2 aromatic heterocycles. The van der Waals surface area contributed by atoms with Crippen molar-refractivity contribution in [1.82, 2.24) is 40.6 Å². The molecular formula is C63H66F4N10O12. The molecule has 6 amide bonds. The summed E-state index contributed by atoms with van der Waals surface area (Å²) in [4.78, 5) is 89.3. The van der Waals surface area contributed by atoms with Crippen molar-refractivity contribution in [2.45, 2.75) is 63.1 Å². The molecule has 89 heavy (non-hydrogen) atoms. The van der Waals surface area contributed by atoms with Gasteiger partial charge in [0.05, 0.1) is 100 Å². The van der Waals surface area contributed by atoms with E-state index in [9.17, 15) is 56.9 Å². The van der Waals surface area contributed by atoms with E-state index >= 15 is 0 Å². The first-order valence-electron chi connectivity index (χ1n) is 28.5. The summed E-state index contributed by atoms with van der Waals surface area (Å²) >= 11 is 0. The van der Waals surface area contributed by atoms with Gasteiger partial charge in [0.1, 0.15) is 48.9 Å². The SMILES string of the molecule is CC(C)(C)OC(=O)NCC(=O)N(CCOCCOCCOc1ccc(-c2ccc3nccc(C(=O)NCC(=O)N4CC(F)(F)C[C@H]4C#N)c3c2)cc1)CCOCCOc1ccc(-c2ccc3nccc(C(=O)NCC(=O)N4CC(F)(F)C[C@H]4C#N)c3c2)cc1. The van der Waals surface area contributed by atoms with Crippen LogP contribution in [0.5, 0.6) is 11.5 Å². The third-order valence-electron chi connectivity index (χ3n) is 14.1. The van der Waals surface area contributed by atoms with E-state index in [1.165, 1.54) is 29.4 Å². The lowest BCUT2D eigenvalue weighted by atomic mass is 10.0. The van der Waals surface area contributed by atoms with Gasteiger partial charge in [-0.2, -0.15) is 10.5 Å². The molecule has 4 aromatic carbocycles. The van der Waals surface area contributed by atoms with E-state index in [-0.39, 0.29) is 89.5 Å². The van der Waals surface area contributed by atoms with Gasteiger partial charge in [-0.15, -0.1) is 0 Å². The maximum atomic E-state index is 13.9. The second-order valence-corrected chi connectivity index (χ2v) is 21.8. The maximum Gasteiger partial charge on any atom is 0.408 e. The van der Waals surface area contributed by atoms with Gasteiger partial charge in [0.2, 0.25) is 17.7 Å². The number of carbonyl (C=O) groups is 6. The number of ether oxygens (including phenoxy) is 6. The van der Waals surface area contributed by atoms with Crippen LogP contribution in [-0.2, 0) is 33.3 Å². The number of hydrogen-bond donors (Lipinski definition) is 3. The molecule has 0 bridgehead atoms. The fourth-order valence-electron chi connectivity index (χ4n) is 9.77. The highest BCUT2D eigenvalue weighted by atomic mass is 19.3. The summed E-state index contributed by atoms with van der Waals surface area (Å²) in [7, 11) is 0. The summed E-state index contributed by atoms with van der Waals surface area (Å²) in [5.74, 6) is -8.41. The fourth-order valence-corrected chi connectivity index (χ4v) is 9.77. The molecule has 0 spiro atoms. The minimum Gasteiger partial charge on any atom is -0.491 e. The van der Waals surface area contributed by atoms with Crippen LogP contribution in [0.15, 0.2) is 109 Å². The van der Waals surface area contributed by atoms with Crippen molar-refractivity contribution in [1.29, 1.82) is 10.5 Å². The van der Waals surface area contributed by atoms with Crippen molar-refractivity contribution in [3.63, 3.8) is 0 Å². The van der Waals surface area contributed by atoms with E-state index in [4.69, 9.17) is 28.4 Å². The smallest absolute Gasteiger partial charge is 0.408 e. The predicted octanol–water partition coefficient (Wildman–Crippen LogP) is 6.96. The van der Waals surface area contributed by atoms with Crippen molar-refractivity contribution in [3.05, 3.63) is 121 Å². The highest BCUT2D eigenvalue weighted by Crippen LogP contribution is 2.34. The summed E-state index contributed by atoms with van der Waals surface area (Å²) in [6, 6.07) is 29.1. The molecule has 0 unspecified atom stereocenters. The van der Waals surface area contributed by atoms with Crippen molar-refractivity contribution >= 4 is 57.4 Å². The van der Waals surface area contributed by atoms with E-state index in [1.54, 1.807) is 81.4 Å². The van der Waals surface area contributed by atoms with Crippen LogP contribution in [-0.4, -0.2) is 188 Å². The monoisotopic (exact) mass is 1230 g/mol. The number of alkyl halides is 4. The summed E-state index contributed by atoms with van der Waals surface area (Å²) in [5, 5.41) is 27.0. The number of halogens is 4. The zero-order valence-corrected chi connectivity index (χ0v) is 49.1. The van der Waals surface area contributed by atoms with Crippen LogP contribution in [0.25, 0.3) is 44.1 Å². The van der Waals surface area contributed by atoms with E-state index in [2.05, 4.69) is 25.9 Å². The molecule has 2 aliphatic heterocycles. The minimum atomic E-state index is -3.18. The number of amides is 6. The quantitative estimate of drug-likeness (QED) is 0.0347. The highest BCUT2D eigenvalue weighted by Gasteiger charge is 2.48. The van der Waals surface area contributed by atoms with Gasteiger partial charge in [0.25, 0.3) is 23.7 Å². The van der Waals surface area contributed by atoms with E-state index in [1.807, 2.05) is 36.4 Å². The van der Waals surface area contributed by atoms with Crippen molar-refractivity contribution in [2.75, 3.05) is 98.7 Å². The Morgan fingerprint density at radius 1 is 0.562 bits per heavy atom. The van der Waals surface area contributed by atoms with Gasteiger partial charge >= 0.3 is 6.09 Å². The lowest BCUT2D eigenvalue weighted by molar-refractivity contribution is -0.132. The Morgan fingerprint density at radius 2 is 0.966 bits per heavy atom. The molecule has 0 aliphatic carbocycles. The van der Waals surface area contributed by atoms with Gasteiger partial charge in [0.15, 0.2) is 0 Å². The van der Waals surface area contributed by atoms with E-state index in [0.717, 1.165) is 32.1 Å². The van der Waals surface area contributed by atoms with Gasteiger partial charge in [0, 0.05) is 49.1 Å². The summed E-state index contributed by atoms with van der Waals surface area (Å²) in [6.07, 6.45) is 0.649. The van der Waals surface area contributed by atoms with Crippen molar-refractivity contribution < 1.29 is 74.8 Å². The van der Waals surface area contributed by atoms with Gasteiger partial charge < -0.3 is 59.1 Å². The molecule has 468 valence electrons. The Balaban J connectivity index is 0.734. The van der Waals surface area contributed by atoms with Crippen LogP contribution < -0.4 is 25.4 Å². The molecule has 6 aromatic rings. The standard InChI is InChI=1S/C63H66F4N10O12/c1-61(2,3)89-60(83)74-36-55(78)75(21-23-85-26-28-87-47-10-4-41(5-11-47)43-8-14-53-51(30-43)49(16-18-70-53)58(81)72-37-56(79)76-39-62(64,65)32-45(76)34-68)20-22-84-24-25-86-27-29-88-48-12-6-42(7-13-48)44-9-15-54-52(31-44)50(17-19-71-54)59(82)73-38-57(80)77-40-63(66,67)33-46(77)35-69/h4-19,30-31,45-46H,20-29,32-33,36-40H2,1-3H3,(H,72,81)(H,73,82)(H,74,83)/t45-,46-/m0/s1. The largest absolute Gasteiger partial charge is 0.491 e. The number of carbonyl (C=O) groups excluding carboxylic acids is 6. The molecule has 22 nitrogen and oxygen atoms in total. The van der Waals surface area contributed by atoms with E-state index < -0.39 is 98.3 Å². The molecule has 2 aliphatic rings. The van der Waals surface area contributed by atoms with Crippen LogP contribution >= 0.6 is 0 Å². The van der Waals surface area contributed by atoms with Crippen molar-refractivity contribution in [2.24, 2.45) is 0 Å². The van der Waals surface area contributed by atoms with Crippen molar-refractivity contribution in [3.8, 4) is 45.9 Å². The molecule has 8 rings (SSSR count). The Labute approximate surface area is 509 Å². The Bertz CT molecular complexity index is 3600. The lowest BCUT2D eigenvalue weighted by Crippen LogP contribution is -2.44. The third-order valence-corrected chi connectivity index (χ3v) is 14.1. The summed E-state index contributed by atoms with van der Waals surface area (Å²) in [6.45, 7) is 3.90. The average Bonchev–Trinajstić information content (AvgIpc) is 2.10. The summed E-state index contributed by atoms with van der Waals surface area (Å²) < 4.78 is 90.0. The van der Waals surface area contributed by atoms with E-state index in [0.29, 0.717) is 33.3 Å². The Morgan fingerprint density at radius 3 is 1.38 bits per heavy atom. The number of aromatic nitrogens is 2. The molecule has 2 saturated heterocycles. The first-order valence-corrected chi connectivity index (χ1v) is 28.5. The maximum absolute atomic E-state index is 13.9. The lowest BCUT2D eigenvalue weighted by Gasteiger charge is -2.24. The molecule has 3 N–H and O–H groups in total. The molecule has 0 saturated carbocycles. The number of nitrogens with one attached hydrogen (secondary N) is 3. The number of alkyl carbamates (subject to hydrolysis) is 1. The highest BCUT2D eigenvalue weighted by molar-refractivity contribution is 6.09. The number of nitrogens with zero attached hydrogens (tertiary/aromatic N) is 7. The minimum absolute atomic E-state index is 0.148. The van der Waals surface area contributed by atoms with Gasteiger partial charge in [-0.05, 0) is 104 Å².